The van der Waals surface area contributed by atoms with Gasteiger partial charge in [0.25, 0.3) is 0 Å². The van der Waals surface area contributed by atoms with Gasteiger partial charge in [-0.2, -0.15) is 0 Å². The zero-order chi connectivity index (χ0) is 80.4. The first-order valence-electron chi connectivity index (χ1n) is 40.9. The average Bonchev–Trinajstić information content (AvgIpc) is 0.753. The van der Waals surface area contributed by atoms with Gasteiger partial charge in [0.2, 0.25) is 0 Å². The van der Waals surface area contributed by atoms with Crippen molar-refractivity contribution >= 4 is 115 Å². The number of hydrogen-bond acceptors (Lipinski definition) is 2. The Morgan fingerprint density at radius 3 is 0.758 bits per heavy atom. The molecule has 0 amide bonds. The molecule has 22 rings (SSSR count). The fraction of sp³-hybridized carbons (Fsp3) is 0. The number of hydrogen-bond donors (Lipinski definition) is 2. The second-order valence-electron chi connectivity index (χ2n) is 31.1. The van der Waals surface area contributed by atoms with Crippen LogP contribution in [0, 0.1) is 0 Å². The van der Waals surface area contributed by atoms with Gasteiger partial charge in [0.1, 0.15) is 0 Å². The van der Waals surface area contributed by atoms with Crippen LogP contribution in [0.3, 0.4) is 0 Å². The highest BCUT2D eigenvalue weighted by molar-refractivity contribution is 9.10. The van der Waals surface area contributed by atoms with E-state index in [0.29, 0.717) is 5.46 Å². The van der Waals surface area contributed by atoms with Gasteiger partial charge >= 0.3 is 7.12 Å². The summed E-state index contributed by atoms with van der Waals surface area (Å²) in [5, 5.41) is 38.0. The predicted molar refractivity (Wildman–Crippen MR) is 517 cm³/mol. The van der Waals surface area contributed by atoms with Crippen molar-refractivity contribution in [2.75, 3.05) is 0 Å². The topological polar surface area (TPSA) is 40.5 Å². The molecule has 0 spiro atoms. The van der Waals surface area contributed by atoms with E-state index < -0.39 is 7.12 Å². The zero-order valence-electron chi connectivity index (χ0n) is 65.7. The van der Waals surface area contributed by atoms with Crippen LogP contribution in [0.2, 0.25) is 0 Å². The second-order valence-corrected chi connectivity index (χ2v) is 32.0. The second kappa shape index (κ2) is 32.8. The van der Waals surface area contributed by atoms with Crippen molar-refractivity contribution in [3.63, 3.8) is 0 Å². The van der Waals surface area contributed by atoms with Crippen LogP contribution >= 0.6 is 15.9 Å². The molecular weight excluding hydrogens is 1520 g/mol. The molecule has 22 aromatic carbocycles. The molecule has 0 unspecified atom stereocenters. The molecule has 0 saturated carbocycles. The van der Waals surface area contributed by atoms with E-state index in [1.165, 1.54) is 187 Å². The Kier molecular flexibility index (Phi) is 20.3. The van der Waals surface area contributed by atoms with E-state index in [9.17, 15) is 10.0 Å². The Morgan fingerprint density at radius 1 is 0.142 bits per heavy atom. The molecule has 0 saturated heterocycles. The molecule has 0 bridgehead atoms. The van der Waals surface area contributed by atoms with Gasteiger partial charge < -0.3 is 10.0 Å². The SMILES string of the molecule is Brc1cc(-c2cccc(-c3ccc4ccccc4c3)c2)cc(-c2cc(-c3ccccc3)cc(-c3ccc4ccccc4c3)c2)c1.OB(O)c1cc2ccccc2c2ccccc12.c1ccc(-c2cc(-c3cc(-c4cccc(-c5ccc6ccccc6c5)c4)cc(-c4cc5ccccc5c5ccccc45)c3)cc(-c3ccc4ccccc4c3)c2)cc1. The molecule has 0 aromatic heterocycles. The number of rotatable bonds is 12. The smallest absolute Gasteiger partial charge is 0.423 e. The van der Waals surface area contributed by atoms with E-state index in [4.69, 9.17) is 0 Å². The third kappa shape index (κ3) is 15.4. The van der Waals surface area contributed by atoms with Crippen LogP contribution in [0.15, 0.2) is 466 Å². The van der Waals surface area contributed by atoms with Gasteiger partial charge in [0.05, 0.1) is 0 Å². The van der Waals surface area contributed by atoms with E-state index >= 15 is 0 Å². The number of fused-ring (bicyclic) bond motifs is 10. The van der Waals surface area contributed by atoms with Crippen molar-refractivity contribution in [2.45, 2.75) is 0 Å². The van der Waals surface area contributed by atoms with Gasteiger partial charge in [-0.25, -0.2) is 0 Å². The van der Waals surface area contributed by atoms with Crippen molar-refractivity contribution in [3.05, 3.63) is 466 Å². The Balaban J connectivity index is 0.000000131. The molecular formula is C116H78BBrO2. The Bertz CT molecular complexity index is 7660. The van der Waals surface area contributed by atoms with Gasteiger partial charge in [0, 0.05) is 4.47 Å². The van der Waals surface area contributed by atoms with Crippen molar-refractivity contribution < 1.29 is 10.0 Å². The summed E-state index contributed by atoms with van der Waals surface area (Å²) >= 11 is 3.85. The standard InChI is InChI=1S/C58H38.C44H29Br.C14H11BO2/c1-2-13-39(14-3-1)49-32-50(47-28-26-41-16-5-7-18-43(41)30-47)34-52(33-49)53-35-51(45-21-12-20-44(31-45)46-27-25-40-15-4-6-17-42(40)29-46)36-54(37-53)58-38-48-19-8-9-22-55(48)56-23-10-11-24-57(56)58;45-44-28-42(36-16-8-15-35(23-36)37-19-17-31-11-4-6-13-33(31)21-37)27-43(29-44)41-25-39(30-9-2-1-3-10-30)24-40(26-41)38-20-18-32-12-5-7-14-34(32)22-38;16-15(17)14-9-10-5-1-2-6-11(10)12-7-3-4-8-13(12)14/h1-38H;1-29H;1-9,16-17H. The highest BCUT2D eigenvalue weighted by Crippen LogP contribution is 2.44. The molecule has 0 atom stereocenters. The van der Waals surface area contributed by atoms with Crippen molar-refractivity contribution in [2.24, 2.45) is 0 Å². The lowest BCUT2D eigenvalue weighted by Gasteiger charge is -2.17. The molecule has 0 radical (unpaired) electrons. The molecule has 0 heterocycles. The molecule has 120 heavy (non-hydrogen) atoms. The number of benzene rings is 22. The van der Waals surface area contributed by atoms with Crippen LogP contribution in [-0.4, -0.2) is 17.2 Å². The summed E-state index contributed by atoms with van der Waals surface area (Å²) in [6, 6.07) is 166. The zero-order valence-corrected chi connectivity index (χ0v) is 67.3. The molecule has 4 heteroatoms. The van der Waals surface area contributed by atoms with Crippen LogP contribution < -0.4 is 5.46 Å². The van der Waals surface area contributed by atoms with E-state index in [1.807, 2.05) is 54.6 Å². The van der Waals surface area contributed by atoms with Crippen LogP contribution in [-0.2, 0) is 0 Å². The van der Waals surface area contributed by atoms with Gasteiger partial charge in [-0.1, -0.05) is 362 Å². The van der Waals surface area contributed by atoms with Crippen molar-refractivity contribution in [1.29, 1.82) is 0 Å². The van der Waals surface area contributed by atoms with E-state index in [0.717, 1.165) is 26.0 Å². The minimum Gasteiger partial charge on any atom is -0.423 e. The first-order chi connectivity index (χ1) is 59.1. The first kappa shape index (κ1) is 74.2. The highest BCUT2D eigenvalue weighted by Gasteiger charge is 2.20. The molecule has 0 aliphatic heterocycles. The average molecular weight is 1590 g/mol. The molecule has 0 aliphatic carbocycles. The lowest BCUT2D eigenvalue weighted by Crippen LogP contribution is -2.30. The van der Waals surface area contributed by atoms with Crippen molar-refractivity contribution in [3.8, 4) is 122 Å². The highest BCUT2D eigenvalue weighted by atomic mass is 79.9. The normalized spacial score (nSPS) is 11.3. The van der Waals surface area contributed by atoms with Crippen molar-refractivity contribution in [1.82, 2.24) is 0 Å². The summed E-state index contributed by atoms with van der Waals surface area (Å²) in [5.41, 5.74) is 26.9. The lowest BCUT2D eigenvalue weighted by molar-refractivity contribution is 0.426. The summed E-state index contributed by atoms with van der Waals surface area (Å²) in [7, 11) is -1.44. The van der Waals surface area contributed by atoms with Gasteiger partial charge in [-0.05, 0) is 329 Å². The van der Waals surface area contributed by atoms with E-state index in [2.05, 4.69) is 422 Å². The quantitative estimate of drug-likeness (QED) is 0.0945. The Labute approximate surface area is 707 Å². The van der Waals surface area contributed by atoms with Gasteiger partial charge in [-0.15, -0.1) is 0 Å². The van der Waals surface area contributed by atoms with Gasteiger partial charge in [0.15, 0.2) is 0 Å². The maximum atomic E-state index is 9.44. The number of halogens is 1. The van der Waals surface area contributed by atoms with Crippen LogP contribution in [0.4, 0.5) is 0 Å². The maximum absolute atomic E-state index is 9.44. The van der Waals surface area contributed by atoms with E-state index in [-0.39, 0.29) is 0 Å². The maximum Gasteiger partial charge on any atom is 0.489 e. The fourth-order valence-corrected chi connectivity index (χ4v) is 17.9. The predicted octanol–water partition coefficient (Wildman–Crippen LogP) is 31.1. The summed E-state index contributed by atoms with van der Waals surface area (Å²) < 4.78 is 1.06. The Hall–Kier alpha value is -14.6. The first-order valence-corrected chi connectivity index (χ1v) is 41.7. The minimum atomic E-state index is -1.44. The molecule has 2 N–H and O–H groups in total. The third-order valence-corrected chi connectivity index (χ3v) is 23.9. The van der Waals surface area contributed by atoms with Crippen LogP contribution in [0.25, 0.3) is 209 Å². The van der Waals surface area contributed by atoms with E-state index in [1.54, 1.807) is 0 Å². The third-order valence-electron chi connectivity index (χ3n) is 23.5. The Morgan fingerprint density at radius 2 is 0.375 bits per heavy atom. The summed E-state index contributed by atoms with van der Waals surface area (Å²) in [6.07, 6.45) is 0. The molecule has 0 fully saturated rings. The fourth-order valence-electron chi connectivity index (χ4n) is 17.4. The van der Waals surface area contributed by atoms with Gasteiger partial charge in [-0.3, -0.25) is 0 Å². The summed E-state index contributed by atoms with van der Waals surface area (Å²) in [5.74, 6) is 0. The lowest BCUT2D eigenvalue weighted by atomic mass is 9.76. The molecule has 2 nitrogen and oxygen atoms in total. The largest absolute Gasteiger partial charge is 0.489 e. The minimum absolute atomic E-state index is 0.555. The monoisotopic (exact) mass is 1590 g/mol. The van der Waals surface area contributed by atoms with Crippen LogP contribution in [0.5, 0.6) is 0 Å². The molecule has 22 aromatic rings. The summed E-state index contributed by atoms with van der Waals surface area (Å²) in [6.45, 7) is 0. The molecule has 0 aliphatic rings. The van der Waals surface area contributed by atoms with Crippen LogP contribution in [0.1, 0.15) is 0 Å². The summed E-state index contributed by atoms with van der Waals surface area (Å²) in [4.78, 5) is 0. The molecule has 564 valence electrons.